The van der Waals surface area contributed by atoms with E-state index in [9.17, 15) is 19.5 Å². The van der Waals surface area contributed by atoms with Gasteiger partial charge in [0.2, 0.25) is 11.8 Å². The van der Waals surface area contributed by atoms with E-state index in [0.29, 0.717) is 65.1 Å². The van der Waals surface area contributed by atoms with Gasteiger partial charge in [0.25, 0.3) is 5.91 Å². The maximum absolute atomic E-state index is 13.0. The van der Waals surface area contributed by atoms with Crippen LogP contribution >= 0.6 is 0 Å². The maximum Gasteiger partial charge on any atom is 0.257 e. The Balaban J connectivity index is 1.18. The average Bonchev–Trinajstić information content (AvgIpc) is 2.89. The summed E-state index contributed by atoms with van der Waals surface area (Å²) in [7, 11) is 0. The summed E-state index contributed by atoms with van der Waals surface area (Å²) >= 11 is 0. The number of amides is 3. The number of carbonyl (C=O) groups excluding carboxylic acids is 3. The summed E-state index contributed by atoms with van der Waals surface area (Å²) in [5, 5.41) is 9.94. The Bertz CT molecular complexity index is 997. The average molecular weight is 466 g/mol. The lowest BCUT2D eigenvalue weighted by atomic mass is 9.94. The van der Waals surface area contributed by atoms with Gasteiger partial charge in [0.1, 0.15) is 11.5 Å². The van der Waals surface area contributed by atoms with Gasteiger partial charge in [-0.25, -0.2) is 0 Å². The molecule has 0 spiro atoms. The van der Waals surface area contributed by atoms with E-state index in [2.05, 4.69) is 0 Å². The third kappa shape index (κ3) is 5.68. The molecule has 2 aromatic carbocycles. The lowest BCUT2D eigenvalue weighted by Gasteiger charge is -2.38. The highest BCUT2D eigenvalue weighted by Crippen LogP contribution is 2.23. The topological polar surface area (TPSA) is 90.4 Å². The van der Waals surface area contributed by atoms with Gasteiger partial charge in [0, 0.05) is 45.2 Å². The molecule has 2 saturated heterocycles. The molecule has 180 valence electrons. The Morgan fingerprint density at radius 3 is 2.09 bits per heavy atom. The van der Waals surface area contributed by atoms with Crippen LogP contribution in [-0.2, 0) is 9.59 Å². The number of carbonyl (C=O) groups is 3. The van der Waals surface area contributed by atoms with Crippen LogP contribution in [0.5, 0.6) is 11.5 Å². The van der Waals surface area contributed by atoms with E-state index in [1.54, 1.807) is 23.1 Å². The van der Waals surface area contributed by atoms with E-state index in [1.807, 2.05) is 40.1 Å². The number of phenols is 1. The first kappa shape index (κ1) is 23.6. The molecule has 0 atom stereocenters. The zero-order valence-electron chi connectivity index (χ0n) is 19.3. The van der Waals surface area contributed by atoms with Crippen molar-refractivity contribution in [3.63, 3.8) is 0 Å². The number of hydrogen-bond acceptors (Lipinski definition) is 5. The van der Waals surface area contributed by atoms with Gasteiger partial charge in [-0.3, -0.25) is 14.4 Å². The molecule has 8 nitrogen and oxygen atoms in total. The smallest absolute Gasteiger partial charge is 0.257 e. The van der Waals surface area contributed by atoms with Crippen molar-refractivity contribution in [2.75, 3.05) is 45.9 Å². The first-order valence-electron chi connectivity index (χ1n) is 11.8. The molecule has 0 unspecified atom stereocenters. The van der Waals surface area contributed by atoms with Gasteiger partial charge in [-0.05, 0) is 37.1 Å². The van der Waals surface area contributed by atoms with Gasteiger partial charge in [0.15, 0.2) is 0 Å². The molecule has 3 amide bonds. The Morgan fingerprint density at radius 2 is 1.41 bits per heavy atom. The van der Waals surface area contributed by atoms with E-state index >= 15 is 0 Å². The van der Waals surface area contributed by atoms with E-state index in [1.165, 1.54) is 6.07 Å². The van der Waals surface area contributed by atoms with Crippen LogP contribution in [0.25, 0.3) is 0 Å². The highest BCUT2D eigenvalue weighted by atomic mass is 16.5. The van der Waals surface area contributed by atoms with Gasteiger partial charge in [-0.2, -0.15) is 0 Å². The molecule has 34 heavy (non-hydrogen) atoms. The zero-order valence-corrected chi connectivity index (χ0v) is 19.3. The summed E-state index contributed by atoms with van der Waals surface area (Å²) in [5.74, 6) is 0.575. The van der Waals surface area contributed by atoms with Crippen molar-refractivity contribution < 1.29 is 24.2 Å². The number of para-hydroxylation sites is 2. The molecule has 0 aliphatic carbocycles. The number of rotatable bonds is 6. The van der Waals surface area contributed by atoms with Crippen LogP contribution < -0.4 is 4.74 Å². The normalized spacial score (nSPS) is 16.9. The van der Waals surface area contributed by atoms with E-state index in [-0.39, 0.29) is 35.0 Å². The third-order valence-corrected chi connectivity index (χ3v) is 6.54. The predicted molar refractivity (Wildman–Crippen MR) is 126 cm³/mol. The predicted octanol–water partition coefficient (Wildman–Crippen LogP) is 2.38. The van der Waals surface area contributed by atoms with Crippen LogP contribution in [0.1, 0.15) is 29.6 Å². The number of aromatic hydroxyl groups is 1. The summed E-state index contributed by atoms with van der Waals surface area (Å²) in [6.07, 6.45) is 1.63. The number of hydrogen-bond donors (Lipinski definition) is 1. The molecule has 0 bridgehead atoms. The van der Waals surface area contributed by atoms with E-state index in [4.69, 9.17) is 4.74 Å². The molecule has 0 aromatic heterocycles. The number of phenolic OH excluding ortho intramolecular Hbond substituents is 1. The number of benzene rings is 2. The Morgan fingerprint density at radius 1 is 0.794 bits per heavy atom. The number of likely N-dealkylation sites (tertiary alicyclic amines) is 1. The van der Waals surface area contributed by atoms with Crippen LogP contribution in [0.4, 0.5) is 0 Å². The fourth-order valence-corrected chi connectivity index (χ4v) is 4.52. The first-order valence-corrected chi connectivity index (χ1v) is 11.8. The van der Waals surface area contributed by atoms with Gasteiger partial charge in [0.05, 0.1) is 18.6 Å². The largest absolute Gasteiger partial charge is 0.507 e. The van der Waals surface area contributed by atoms with Crippen molar-refractivity contribution >= 4 is 17.7 Å². The molecule has 1 N–H and O–H groups in total. The van der Waals surface area contributed by atoms with Crippen molar-refractivity contribution in [1.29, 1.82) is 0 Å². The molecule has 2 heterocycles. The molecule has 2 aliphatic heterocycles. The highest BCUT2D eigenvalue weighted by Gasteiger charge is 2.32. The number of piperazine rings is 1. The number of ether oxygens (including phenoxy) is 1. The van der Waals surface area contributed by atoms with E-state index < -0.39 is 0 Å². The Hall–Kier alpha value is -3.55. The van der Waals surface area contributed by atoms with Crippen molar-refractivity contribution in [2.24, 2.45) is 5.92 Å². The van der Waals surface area contributed by atoms with Gasteiger partial charge in [-0.1, -0.05) is 30.3 Å². The van der Waals surface area contributed by atoms with E-state index in [0.717, 1.165) is 5.75 Å². The molecule has 2 aliphatic rings. The minimum Gasteiger partial charge on any atom is -0.507 e. The minimum absolute atomic E-state index is 0.0288. The van der Waals surface area contributed by atoms with Gasteiger partial charge < -0.3 is 24.5 Å². The Kier molecular flexibility index (Phi) is 7.67. The Labute approximate surface area is 199 Å². The van der Waals surface area contributed by atoms with Crippen molar-refractivity contribution in [3.8, 4) is 11.5 Å². The molecule has 2 fully saturated rings. The summed E-state index contributed by atoms with van der Waals surface area (Å²) in [6.45, 7) is 3.33. The summed E-state index contributed by atoms with van der Waals surface area (Å²) in [4.78, 5) is 43.5. The number of piperidine rings is 1. The second-order valence-electron chi connectivity index (χ2n) is 8.70. The summed E-state index contributed by atoms with van der Waals surface area (Å²) in [5.41, 5.74) is 0.286. The monoisotopic (exact) mass is 465 g/mol. The molecular formula is C26H31N3O5. The lowest BCUT2D eigenvalue weighted by molar-refractivity contribution is -0.142. The molecule has 0 radical (unpaired) electrons. The van der Waals surface area contributed by atoms with Gasteiger partial charge >= 0.3 is 0 Å². The first-order chi connectivity index (χ1) is 16.5. The molecule has 4 rings (SSSR count). The van der Waals surface area contributed by atoms with Crippen LogP contribution in [-0.4, -0.2) is 83.4 Å². The van der Waals surface area contributed by atoms with Crippen LogP contribution in [0, 0.1) is 5.92 Å². The summed E-state index contributed by atoms with van der Waals surface area (Å²) in [6, 6.07) is 15.9. The second-order valence-corrected chi connectivity index (χ2v) is 8.70. The molecule has 2 aromatic rings. The van der Waals surface area contributed by atoms with Gasteiger partial charge in [-0.15, -0.1) is 0 Å². The standard InChI is InChI=1S/C26H31N3O5/c30-23-9-5-4-8-22(23)26(33)29-17-15-28(16-18-29)25(32)20-10-13-27(14-11-20)24(31)12-19-34-21-6-2-1-3-7-21/h1-9,20,30H,10-19H2. The zero-order chi connectivity index (χ0) is 23.9. The third-order valence-electron chi connectivity index (χ3n) is 6.54. The quantitative estimate of drug-likeness (QED) is 0.708. The fourth-order valence-electron chi connectivity index (χ4n) is 4.52. The maximum atomic E-state index is 13.0. The second kappa shape index (κ2) is 11.0. The van der Waals surface area contributed by atoms with Crippen molar-refractivity contribution in [2.45, 2.75) is 19.3 Å². The molecular weight excluding hydrogens is 434 g/mol. The lowest BCUT2D eigenvalue weighted by Crippen LogP contribution is -2.53. The van der Waals surface area contributed by atoms with Crippen LogP contribution in [0.3, 0.4) is 0 Å². The SMILES string of the molecule is O=C(CCOc1ccccc1)N1CCC(C(=O)N2CCN(C(=O)c3ccccc3O)CC2)CC1. The van der Waals surface area contributed by atoms with Crippen LogP contribution in [0.2, 0.25) is 0 Å². The van der Waals surface area contributed by atoms with Crippen LogP contribution in [0.15, 0.2) is 54.6 Å². The molecule has 8 heteroatoms. The van der Waals surface area contributed by atoms with Crippen molar-refractivity contribution in [1.82, 2.24) is 14.7 Å². The fraction of sp³-hybridized carbons (Fsp3) is 0.423. The minimum atomic E-state index is -0.215. The molecule has 0 saturated carbocycles. The summed E-state index contributed by atoms with van der Waals surface area (Å²) < 4.78 is 5.62. The van der Waals surface area contributed by atoms with Crippen molar-refractivity contribution in [3.05, 3.63) is 60.2 Å². The number of nitrogens with zero attached hydrogens (tertiary/aromatic N) is 3. The highest BCUT2D eigenvalue weighted by molar-refractivity contribution is 5.97.